The molecule has 0 spiro atoms. The molecule has 2 aromatic carbocycles. The molecule has 0 aliphatic carbocycles. The first-order chi connectivity index (χ1) is 17.6. The monoisotopic (exact) mass is 506 g/mol. The summed E-state index contributed by atoms with van der Waals surface area (Å²) in [5.74, 6) is 0.877. The SMILES string of the molecule is CCOC=O.CN1CCc2c([nH]c3ccc(Cl)cc23)C1c1ccc(OCCNc2ccncc2)cc1. The molecule has 36 heavy (non-hydrogen) atoms. The van der Waals surface area contributed by atoms with Gasteiger partial charge in [0.25, 0.3) is 6.47 Å². The minimum Gasteiger partial charge on any atom is -0.492 e. The number of carbonyl (C=O) groups is 1. The number of likely N-dealkylation sites (N-methyl/N-ethyl adjacent to an activating group) is 1. The second-order valence-corrected chi connectivity index (χ2v) is 8.91. The number of fused-ring (bicyclic) bond motifs is 3. The summed E-state index contributed by atoms with van der Waals surface area (Å²) < 4.78 is 10.1. The van der Waals surface area contributed by atoms with Crippen LogP contribution in [0.1, 0.15) is 29.8 Å². The van der Waals surface area contributed by atoms with Gasteiger partial charge in [0, 0.05) is 52.8 Å². The molecule has 1 unspecified atom stereocenters. The van der Waals surface area contributed by atoms with Gasteiger partial charge < -0.3 is 19.8 Å². The van der Waals surface area contributed by atoms with Crippen LogP contribution < -0.4 is 10.1 Å². The maximum atomic E-state index is 9.18. The first-order valence-electron chi connectivity index (χ1n) is 12.0. The fourth-order valence-electron chi connectivity index (χ4n) is 4.45. The summed E-state index contributed by atoms with van der Waals surface area (Å²) in [5, 5.41) is 5.35. The standard InChI is InChI=1S/C25H25ClN4O.C3H6O2/c1-30-14-10-21-22-16-18(26)4-7-23(22)29-24(21)25(30)17-2-5-20(6-3-17)31-15-13-28-19-8-11-27-12-9-19;1-2-5-3-4/h2-9,11-12,16,25,29H,10,13-15H2,1H3,(H,27,28);3H,2H2,1H3. The number of aromatic amines is 1. The van der Waals surface area contributed by atoms with Crippen molar-refractivity contribution >= 4 is 34.7 Å². The van der Waals surface area contributed by atoms with E-state index >= 15 is 0 Å². The Hall–Kier alpha value is -3.55. The van der Waals surface area contributed by atoms with E-state index in [0.29, 0.717) is 19.7 Å². The van der Waals surface area contributed by atoms with E-state index in [4.69, 9.17) is 16.3 Å². The van der Waals surface area contributed by atoms with Crippen molar-refractivity contribution in [2.75, 3.05) is 38.7 Å². The molecule has 7 nitrogen and oxygen atoms in total. The smallest absolute Gasteiger partial charge is 0.293 e. The van der Waals surface area contributed by atoms with Gasteiger partial charge in [-0.1, -0.05) is 23.7 Å². The largest absolute Gasteiger partial charge is 0.492 e. The average molecular weight is 507 g/mol. The summed E-state index contributed by atoms with van der Waals surface area (Å²) in [7, 11) is 2.18. The average Bonchev–Trinajstić information content (AvgIpc) is 3.26. The van der Waals surface area contributed by atoms with Crippen LogP contribution in [0.15, 0.2) is 67.0 Å². The van der Waals surface area contributed by atoms with Crippen LogP contribution in [0, 0.1) is 0 Å². The second kappa shape index (κ2) is 12.4. The lowest BCUT2D eigenvalue weighted by Gasteiger charge is -2.33. The molecular weight excluding hydrogens is 476 g/mol. The molecule has 0 amide bonds. The number of H-pyrrole nitrogens is 1. The first kappa shape index (κ1) is 25.5. The molecule has 0 fully saturated rings. The highest BCUT2D eigenvalue weighted by Gasteiger charge is 2.29. The molecule has 5 rings (SSSR count). The Labute approximate surface area is 216 Å². The van der Waals surface area contributed by atoms with Gasteiger partial charge in [0.1, 0.15) is 12.4 Å². The number of carbonyl (C=O) groups excluding carboxylic acids is 1. The molecule has 0 saturated carbocycles. The number of pyridine rings is 1. The van der Waals surface area contributed by atoms with Gasteiger partial charge in [-0.05, 0) is 74.0 Å². The molecular formula is C28H31ClN4O3. The maximum Gasteiger partial charge on any atom is 0.293 e. The minimum absolute atomic E-state index is 0.192. The lowest BCUT2D eigenvalue weighted by atomic mass is 9.93. The molecule has 2 aromatic heterocycles. The summed E-state index contributed by atoms with van der Waals surface area (Å²) >= 11 is 6.26. The van der Waals surface area contributed by atoms with Crippen molar-refractivity contribution in [3.05, 3.63) is 88.8 Å². The summed E-state index contributed by atoms with van der Waals surface area (Å²) in [6.45, 7) is 5.00. The Morgan fingerprint density at radius 3 is 2.64 bits per heavy atom. The molecule has 1 atom stereocenters. The van der Waals surface area contributed by atoms with Crippen LogP contribution in [0.25, 0.3) is 10.9 Å². The predicted octanol–water partition coefficient (Wildman–Crippen LogP) is 5.46. The minimum atomic E-state index is 0.192. The number of hydrogen-bond donors (Lipinski definition) is 2. The highest BCUT2D eigenvalue weighted by atomic mass is 35.5. The third-order valence-corrected chi connectivity index (χ3v) is 6.38. The Kier molecular flexibility index (Phi) is 8.81. The van der Waals surface area contributed by atoms with E-state index in [-0.39, 0.29) is 6.04 Å². The van der Waals surface area contributed by atoms with Crippen LogP contribution in [0.4, 0.5) is 5.69 Å². The van der Waals surface area contributed by atoms with E-state index in [1.165, 1.54) is 22.2 Å². The van der Waals surface area contributed by atoms with Crippen LogP contribution in [0.2, 0.25) is 5.02 Å². The van der Waals surface area contributed by atoms with Crippen LogP contribution in [0.5, 0.6) is 5.75 Å². The van der Waals surface area contributed by atoms with Gasteiger partial charge in [-0.15, -0.1) is 0 Å². The molecule has 3 heterocycles. The zero-order valence-corrected chi connectivity index (χ0v) is 21.3. The van der Waals surface area contributed by atoms with Crippen LogP contribution >= 0.6 is 11.6 Å². The molecule has 2 N–H and O–H groups in total. The molecule has 1 aliphatic rings. The molecule has 0 saturated heterocycles. The number of aromatic nitrogens is 2. The number of nitrogens with zero attached hydrogens (tertiary/aromatic N) is 2. The van der Waals surface area contributed by atoms with Gasteiger partial charge in [0.05, 0.1) is 12.6 Å². The second-order valence-electron chi connectivity index (χ2n) is 8.47. The van der Waals surface area contributed by atoms with E-state index < -0.39 is 0 Å². The summed E-state index contributed by atoms with van der Waals surface area (Å²) in [4.78, 5) is 19.2. The van der Waals surface area contributed by atoms with Crippen molar-refractivity contribution < 1.29 is 14.3 Å². The normalized spacial score (nSPS) is 14.9. The topological polar surface area (TPSA) is 79.5 Å². The molecule has 8 heteroatoms. The van der Waals surface area contributed by atoms with Gasteiger partial charge in [0.2, 0.25) is 0 Å². The van der Waals surface area contributed by atoms with Crippen molar-refractivity contribution in [3.63, 3.8) is 0 Å². The highest BCUT2D eigenvalue weighted by molar-refractivity contribution is 6.31. The van der Waals surface area contributed by atoms with Gasteiger partial charge in [-0.25, -0.2) is 0 Å². The van der Waals surface area contributed by atoms with E-state index in [9.17, 15) is 4.79 Å². The Morgan fingerprint density at radius 2 is 1.94 bits per heavy atom. The zero-order valence-electron chi connectivity index (χ0n) is 20.5. The third-order valence-electron chi connectivity index (χ3n) is 6.14. The van der Waals surface area contributed by atoms with Crippen LogP contribution in [-0.4, -0.2) is 54.7 Å². The fourth-order valence-corrected chi connectivity index (χ4v) is 4.62. The van der Waals surface area contributed by atoms with Crippen molar-refractivity contribution in [2.45, 2.75) is 19.4 Å². The van der Waals surface area contributed by atoms with E-state index in [2.05, 4.69) is 68.4 Å². The number of halogens is 1. The number of anilines is 1. The number of rotatable bonds is 8. The van der Waals surface area contributed by atoms with Crippen molar-refractivity contribution in [3.8, 4) is 5.75 Å². The molecule has 4 aromatic rings. The number of ether oxygens (including phenoxy) is 2. The zero-order chi connectivity index (χ0) is 25.3. The Balaban J connectivity index is 0.000000556. The number of hydrogen-bond acceptors (Lipinski definition) is 6. The quantitative estimate of drug-likeness (QED) is 0.244. The van der Waals surface area contributed by atoms with Crippen molar-refractivity contribution in [1.29, 1.82) is 0 Å². The maximum absolute atomic E-state index is 9.18. The molecule has 188 valence electrons. The van der Waals surface area contributed by atoms with Crippen molar-refractivity contribution in [1.82, 2.24) is 14.9 Å². The lowest BCUT2D eigenvalue weighted by molar-refractivity contribution is -0.128. The summed E-state index contributed by atoms with van der Waals surface area (Å²) in [5.41, 5.74) is 6.09. The predicted molar refractivity (Wildman–Crippen MR) is 144 cm³/mol. The Morgan fingerprint density at radius 1 is 1.17 bits per heavy atom. The first-order valence-corrected chi connectivity index (χ1v) is 12.4. The highest BCUT2D eigenvalue weighted by Crippen LogP contribution is 2.38. The molecule has 1 aliphatic heterocycles. The third kappa shape index (κ3) is 6.17. The molecule has 0 bridgehead atoms. The van der Waals surface area contributed by atoms with Gasteiger partial charge in [-0.3, -0.25) is 14.7 Å². The summed E-state index contributed by atoms with van der Waals surface area (Å²) in [6, 6.07) is 18.6. The molecule has 0 radical (unpaired) electrons. The van der Waals surface area contributed by atoms with Gasteiger partial charge in [0.15, 0.2) is 0 Å². The fraction of sp³-hybridized carbons (Fsp3) is 0.286. The summed E-state index contributed by atoms with van der Waals surface area (Å²) in [6.07, 6.45) is 4.57. The van der Waals surface area contributed by atoms with Gasteiger partial charge >= 0.3 is 0 Å². The van der Waals surface area contributed by atoms with E-state index in [1.54, 1.807) is 19.3 Å². The van der Waals surface area contributed by atoms with Crippen LogP contribution in [-0.2, 0) is 16.0 Å². The lowest BCUT2D eigenvalue weighted by Crippen LogP contribution is -2.32. The van der Waals surface area contributed by atoms with E-state index in [1.807, 2.05) is 18.2 Å². The number of nitrogens with one attached hydrogen (secondary N) is 2. The van der Waals surface area contributed by atoms with Crippen molar-refractivity contribution in [2.24, 2.45) is 0 Å². The van der Waals surface area contributed by atoms with Gasteiger partial charge in [-0.2, -0.15) is 0 Å². The Bertz CT molecular complexity index is 1260. The van der Waals surface area contributed by atoms with E-state index in [0.717, 1.165) is 41.5 Å². The number of benzene rings is 2. The van der Waals surface area contributed by atoms with Crippen LogP contribution in [0.3, 0.4) is 0 Å².